The van der Waals surface area contributed by atoms with E-state index in [1.165, 1.54) is 18.4 Å². The predicted molar refractivity (Wildman–Crippen MR) is 85.2 cm³/mol. The number of hydrogen-bond donors (Lipinski definition) is 1. The van der Waals surface area contributed by atoms with Crippen molar-refractivity contribution in [2.24, 2.45) is 5.92 Å². The van der Waals surface area contributed by atoms with Crippen molar-refractivity contribution < 1.29 is 9.47 Å². The van der Waals surface area contributed by atoms with Crippen LogP contribution in [-0.2, 0) is 9.47 Å². The molecule has 0 bridgehead atoms. The van der Waals surface area contributed by atoms with Gasteiger partial charge in [0.15, 0.2) is 0 Å². The van der Waals surface area contributed by atoms with Crippen LogP contribution in [0.3, 0.4) is 0 Å². The second-order valence-electron chi connectivity index (χ2n) is 5.40. The highest BCUT2D eigenvalue weighted by molar-refractivity contribution is 9.10. The number of rotatable bonds is 10. The van der Waals surface area contributed by atoms with E-state index in [-0.39, 0.29) is 0 Å². The summed E-state index contributed by atoms with van der Waals surface area (Å²) in [4.78, 5) is 0. The van der Waals surface area contributed by atoms with Gasteiger partial charge in [-0.3, -0.25) is 0 Å². The summed E-state index contributed by atoms with van der Waals surface area (Å²) in [6, 6.07) is 8.41. The Bertz CT molecular complexity index is 396. The van der Waals surface area contributed by atoms with Gasteiger partial charge >= 0.3 is 0 Å². The standard InChI is InChI=1S/C16H24BrNO2/c1-19-9-8-18-10-14(12-20-11-13-6-7-13)15-4-2-3-5-16(15)17/h2-5,13-14,18H,6-12H2,1H3. The lowest BCUT2D eigenvalue weighted by Gasteiger charge is -2.19. The van der Waals surface area contributed by atoms with Gasteiger partial charge in [0, 0.05) is 37.2 Å². The Morgan fingerprint density at radius 1 is 1.35 bits per heavy atom. The van der Waals surface area contributed by atoms with E-state index in [0.29, 0.717) is 5.92 Å². The number of methoxy groups -OCH3 is 1. The molecule has 1 saturated carbocycles. The third-order valence-electron chi connectivity index (χ3n) is 3.59. The maximum Gasteiger partial charge on any atom is 0.0587 e. The van der Waals surface area contributed by atoms with E-state index in [2.05, 4.69) is 39.4 Å². The summed E-state index contributed by atoms with van der Waals surface area (Å²) in [5, 5.41) is 3.44. The average molecular weight is 342 g/mol. The van der Waals surface area contributed by atoms with Gasteiger partial charge in [-0.2, -0.15) is 0 Å². The molecule has 0 saturated heterocycles. The monoisotopic (exact) mass is 341 g/mol. The normalized spacial score (nSPS) is 16.3. The van der Waals surface area contributed by atoms with Crippen molar-refractivity contribution in [3.05, 3.63) is 34.3 Å². The van der Waals surface area contributed by atoms with Crippen LogP contribution in [0.2, 0.25) is 0 Å². The Labute approximate surface area is 130 Å². The Kier molecular flexibility index (Phi) is 7.00. The first-order valence-electron chi connectivity index (χ1n) is 7.33. The van der Waals surface area contributed by atoms with Crippen LogP contribution in [0.25, 0.3) is 0 Å². The van der Waals surface area contributed by atoms with Crippen LogP contribution >= 0.6 is 15.9 Å². The van der Waals surface area contributed by atoms with E-state index in [1.54, 1.807) is 7.11 Å². The summed E-state index contributed by atoms with van der Waals surface area (Å²) in [5.74, 6) is 1.19. The molecule has 1 fully saturated rings. The first-order valence-corrected chi connectivity index (χ1v) is 8.12. The number of benzene rings is 1. The fraction of sp³-hybridized carbons (Fsp3) is 0.625. The number of nitrogens with one attached hydrogen (secondary N) is 1. The molecule has 0 amide bonds. The molecule has 0 aliphatic heterocycles. The van der Waals surface area contributed by atoms with Crippen molar-refractivity contribution in [2.75, 3.05) is 40.0 Å². The second kappa shape index (κ2) is 8.78. The van der Waals surface area contributed by atoms with Crippen molar-refractivity contribution in [3.8, 4) is 0 Å². The van der Waals surface area contributed by atoms with Gasteiger partial charge in [-0.1, -0.05) is 34.1 Å². The molecule has 20 heavy (non-hydrogen) atoms. The molecule has 0 heterocycles. The molecule has 1 N–H and O–H groups in total. The molecule has 2 rings (SSSR count). The van der Waals surface area contributed by atoms with Crippen LogP contribution in [0.5, 0.6) is 0 Å². The van der Waals surface area contributed by atoms with Crippen LogP contribution in [0.1, 0.15) is 24.3 Å². The fourth-order valence-corrected chi connectivity index (χ4v) is 2.79. The summed E-state index contributed by atoms with van der Waals surface area (Å²) in [6.07, 6.45) is 2.68. The van der Waals surface area contributed by atoms with E-state index in [4.69, 9.17) is 9.47 Å². The molecule has 4 heteroatoms. The summed E-state index contributed by atoms with van der Waals surface area (Å²) >= 11 is 3.64. The Morgan fingerprint density at radius 3 is 2.85 bits per heavy atom. The van der Waals surface area contributed by atoms with E-state index in [9.17, 15) is 0 Å². The van der Waals surface area contributed by atoms with Gasteiger partial charge < -0.3 is 14.8 Å². The quantitative estimate of drug-likeness (QED) is 0.663. The lowest BCUT2D eigenvalue weighted by atomic mass is 10.00. The van der Waals surface area contributed by atoms with Gasteiger partial charge in [-0.25, -0.2) is 0 Å². The predicted octanol–water partition coefficient (Wildman–Crippen LogP) is 3.20. The van der Waals surface area contributed by atoms with Crippen LogP contribution < -0.4 is 5.32 Å². The molecule has 1 aromatic rings. The number of halogens is 1. The highest BCUT2D eigenvalue weighted by Crippen LogP contribution is 2.30. The smallest absolute Gasteiger partial charge is 0.0587 e. The Hall–Kier alpha value is -0.420. The number of hydrogen-bond acceptors (Lipinski definition) is 3. The zero-order valence-electron chi connectivity index (χ0n) is 12.1. The van der Waals surface area contributed by atoms with Gasteiger partial charge in [-0.15, -0.1) is 0 Å². The van der Waals surface area contributed by atoms with Crippen molar-refractivity contribution in [3.63, 3.8) is 0 Å². The van der Waals surface area contributed by atoms with E-state index in [0.717, 1.165) is 43.3 Å². The summed E-state index contributed by atoms with van der Waals surface area (Å²) < 4.78 is 12.1. The van der Waals surface area contributed by atoms with Gasteiger partial charge in [0.05, 0.1) is 13.2 Å². The summed E-state index contributed by atoms with van der Waals surface area (Å²) in [5.41, 5.74) is 1.31. The molecule has 1 aliphatic carbocycles. The van der Waals surface area contributed by atoms with Gasteiger partial charge in [-0.05, 0) is 30.4 Å². The van der Waals surface area contributed by atoms with Crippen LogP contribution in [-0.4, -0.2) is 40.0 Å². The minimum Gasteiger partial charge on any atom is -0.383 e. The lowest BCUT2D eigenvalue weighted by molar-refractivity contribution is 0.109. The molecular formula is C16H24BrNO2. The second-order valence-corrected chi connectivity index (χ2v) is 6.25. The molecule has 1 aliphatic rings. The lowest BCUT2D eigenvalue weighted by Crippen LogP contribution is -2.27. The first kappa shape index (κ1) is 16.0. The SMILES string of the molecule is COCCNCC(COCC1CC1)c1ccccc1Br. The highest BCUT2D eigenvalue weighted by Gasteiger charge is 2.22. The van der Waals surface area contributed by atoms with Crippen LogP contribution in [0, 0.1) is 5.92 Å². The van der Waals surface area contributed by atoms with Crippen molar-refractivity contribution in [1.82, 2.24) is 5.32 Å². The topological polar surface area (TPSA) is 30.5 Å². The molecule has 0 radical (unpaired) electrons. The van der Waals surface area contributed by atoms with Crippen molar-refractivity contribution >= 4 is 15.9 Å². The third kappa shape index (κ3) is 5.52. The average Bonchev–Trinajstić information content (AvgIpc) is 3.26. The maximum atomic E-state index is 5.89. The van der Waals surface area contributed by atoms with E-state index >= 15 is 0 Å². The number of ether oxygens (including phenoxy) is 2. The van der Waals surface area contributed by atoms with Gasteiger partial charge in [0.1, 0.15) is 0 Å². The zero-order valence-corrected chi connectivity index (χ0v) is 13.7. The molecular weight excluding hydrogens is 318 g/mol. The molecule has 1 atom stereocenters. The zero-order chi connectivity index (χ0) is 14.2. The van der Waals surface area contributed by atoms with Gasteiger partial charge in [0.25, 0.3) is 0 Å². The fourth-order valence-electron chi connectivity index (χ4n) is 2.18. The summed E-state index contributed by atoms with van der Waals surface area (Å²) in [6.45, 7) is 4.22. The van der Waals surface area contributed by atoms with Crippen molar-refractivity contribution in [2.45, 2.75) is 18.8 Å². The highest BCUT2D eigenvalue weighted by atomic mass is 79.9. The third-order valence-corrected chi connectivity index (χ3v) is 4.31. The minimum atomic E-state index is 0.376. The molecule has 1 aromatic carbocycles. The minimum absolute atomic E-state index is 0.376. The van der Waals surface area contributed by atoms with Crippen LogP contribution in [0.4, 0.5) is 0 Å². The molecule has 0 aromatic heterocycles. The van der Waals surface area contributed by atoms with E-state index in [1.807, 2.05) is 6.07 Å². The summed E-state index contributed by atoms with van der Waals surface area (Å²) in [7, 11) is 1.73. The van der Waals surface area contributed by atoms with Gasteiger partial charge in [0.2, 0.25) is 0 Å². The van der Waals surface area contributed by atoms with E-state index < -0.39 is 0 Å². The molecule has 112 valence electrons. The largest absolute Gasteiger partial charge is 0.383 e. The molecule has 0 spiro atoms. The molecule has 3 nitrogen and oxygen atoms in total. The Balaban J connectivity index is 1.85. The van der Waals surface area contributed by atoms with Crippen LogP contribution in [0.15, 0.2) is 28.7 Å². The van der Waals surface area contributed by atoms with Crippen molar-refractivity contribution in [1.29, 1.82) is 0 Å². The first-order chi connectivity index (χ1) is 9.81. The maximum absolute atomic E-state index is 5.89. The Morgan fingerprint density at radius 2 is 2.15 bits per heavy atom. The molecule has 1 unspecified atom stereocenters.